The van der Waals surface area contributed by atoms with Crippen molar-refractivity contribution in [2.24, 2.45) is 0 Å². The number of aromatic nitrogens is 1. The molecule has 0 saturated carbocycles. The van der Waals surface area contributed by atoms with Crippen molar-refractivity contribution in [2.75, 3.05) is 36.4 Å². The van der Waals surface area contributed by atoms with Gasteiger partial charge < -0.3 is 15.1 Å². The van der Waals surface area contributed by atoms with Gasteiger partial charge in [-0.15, -0.1) is 0 Å². The fraction of sp³-hybridized carbons (Fsp3) is 0.278. The maximum absolute atomic E-state index is 12.2. The van der Waals surface area contributed by atoms with E-state index in [9.17, 15) is 9.59 Å². The second-order valence-corrected chi connectivity index (χ2v) is 5.73. The van der Waals surface area contributed by atoms with E-state index in [1.165, 1.54) is 0 Å². The Morgan fingerprint density at radius 2 is 1.75 bits per heavy atom. The first-order valence-corrected chi connectivity index (χ1v) is 7.95. The predicted octanol–water partition coefficient (Wildman–Crippen LogP) is 2.00. The SMILES string of the molecule is CC(=O)N1CCN(c2cccc(NC(=O)c3ccncc3)c2)CC1. The molecule has 0 atom stereocenters. The van der Waals surface area contributed by atoms with Gasteiger partial charge in [0.25, 0.3) is 5.91 Å². The average molecular weight is 324 g/mol. The van der Waals surface area contributed by atoms with E-state index in [-0.39, 0.29) is 11.8 Å². The minimum atomic E-state index is -0.157. The number of pyridine rings is 1. The molecule has 124 valence electrons. The average Bonchev–Trinajstić information content (AvgIpc) is 2.63. The monoisotopic (exact) mass is 324 g/mol. The second kappa shape index (κ2) is 7.12. The number of piperazine rings is 1. The van der Waals surface area contributed by atoms with Crippen LogP contribution in [0.1, 0.15) is 17.3 Å². The molecule has 0 bridgehead atoms. The van der Waals surface area contributed by atoms with Gasteiger partial charge in [0.05, 0.1) is 0 Å². The molecule has 1 N–H and O–H groups in total. The highest BCUT2D eigenvalue weighted by molar-refractivity contribution is 6.04. The van der Waals surface area contributed by atoms with E-state index in [4.69, 9.17) is 0 Å². The number of hydrogen-bond donors (Lipinski definition) is 1. The summed E-state index contributed by atoms with van der Waals surface area (Å²) < 4.78 is 0. The van der Waals surface area contributed by atoms with Crippen LogP contribution >= 0.6 is 0 Å². The summed E-state index contributed by atoms with van der Waals surface area (Å²) in [5.74, 6) is -0.0380. The lowest BCUT2D eigenvalue weighted by molar-refractivity contribution is -0.129. The Labute approximate surface area is 141 Å². The van der Waals surface area contributed by atoms with E-state index in [2.05, 4.69) is 15.2 Å². The molecular weight excluding hydrogens is 304 g/mol. The van der Waals surface area contributed by atoms with Crippen molar-refractivity contribution in [1.29, 1.82) is 0 Å². The molecule has 1 aromatic carbocycles. The van der Waals surface area contributed by atoms with Crippen molar-refractivity contribution >= 4 is 23.2 Å². The molecule has 1 saturated heterocycles. The third-order valence-electron chi connectivity index (χ3n) is 4.14. The Balaban J connectivity index is 1.67. The number of carbonyl (C=O) groups excluding carboxylic acids is 2. The molecule has 6 nitrogen and oxygen atoms in total. The summed E-state index contributed by atoms with van der Waals surface area (Å²) in [5.41, 5.74) is 2.37. The van der Waals surface area contributed by atoms with Crippen molar-refractivity contribution in [3.05, 3.63) is 54.4 Å². The Hall–Kier alpha value is -2.89. The van der Waals surface area contributed by atoms with Crippen LogP contribution in [0, 0.1) is 0 Å². The number of nitrogens with one attached hydrogen (secondary N) is 1. The maximum Gasteiger partial charge on any atom is 0.255 e. The van der Waals surface area contributed by atoms with Gasteiger partial charge in [0.15, 0.2) is 0 Å². The number of anilines is 2. The first-order chi connectivity index (χ1) is 11.6. The third-order valence-corrected chi connectivity index (χ3v) is 4.14. The highest BCUT2D eigenvalue weighted by atomic mass is 16.2. The lowest BCUT2D eigenvalue weighted by Crippen LogP contribution is -2.48. The number of amides is 2. The van der Waals surface area contributed by atoms with Crippen LogP contribution in [0.25, 0.3) is 0 Å². The first-order valence-electron chi connectivity index (χ1n) is 7.95. The highest BCUT2D eigenvalue weighted by Crippen LogP contribution is 2.21. The molecule has 2 amide bonds. The molecule has 1 aliphatic rings. The Morgan fingerprint density at radius 3 is 2.42 bits per heavy atom. The number of hydrogen-bond acceptors (Lipinski definition) is 4. The van der Waals surface area contributed by atoms with Gasteiger partial charge in [0, 0.05) is 62.4 Å². The maximum atomic E-state index is 12.2. The number of nitrogens with zero attached hydrogens (tertiary/aromatic N) is 3. The topological polar surface area (TPSA) is 65.5 Å². The van der Waals surface area contributed by atoms with Crippen LogP contribution in [0.15, 0.2) is 48.8 Å². The Morgan fingerprint density at radius 1 is 1.04 bits per heavy atom. The quantitative estimate of drug-likeness (QED) is 0.938. The zero-order valence-electron chi connectivity index (χ0n) is 13.6. The molecule has 0 unspecified atom stereocenters. The summed E-state index contributed by atoms with van der Waals surface area (Å²) in [4.78, 5) is 31.6. The van der Waals surface area contributed by atoms with Crippen LogP contribution in [0.2, 0.25) is 0 Å². The van der Waals surface area contributed by atoms with Gasteiger partial charge in [-0.1, -0.05) is 6.07 Å². The van der Waals surface area contributed by atoms with Crippen LogP contribution in [0.5, 0.6) is 0 Å². The van der Waals surface area contributed by atoms with E-state index < -0.39 is 0 Å². The molecule has 6 heteroatoms. The molecule has 2 aromatic rings. The van der Waals surface area contributed by atoms with Crippen molar-refractivity contribution in [3.63, 3.8) is 0 Å². The van der Waals surface area contributed by atoms with Gasteiger partial charge in [0.2, 0.25) is 5.91 Å². The fourth-order valence-electron chi connectivity index (χ4n) is 2.77. The van der Waals surface area contributed by atoms with Gasteiger partial charge in [-0.25, -0.2) is 0 Å². The molecule has 0 spiro atoms. The number of benzene rings is 1. The normalized spacial score (nSPS) is 14.4. The van der Waals surface area contributed by atoms with E-state index >= 15 is 0 Å². The fourth-order valence-corrected chi connectivity index (χ4v) is 2.77. The summed E-state index contributed by atoms with van der Waals surface area (Å²) >= 11 is 0. The molecular formula is C18H20N4O2. The van der Waals surface area contributed by atoms with Crippen molar-refractivity contribution < 1.29 is 9.59 Å². The van der Waals surface area contributed by atoms with Crippen LogP contribution in [0.3, 0.4) is 0 Å². The Kier molecular flexibility index (Phi) is 4.74. The zero-order chi connectivity index (χ0) is 16.9. The van der Waals surface area contributed by atoms with Crippen LogP contribution in [0.4, 0.5) is 11.4 Å². The van der Waals surface area contributed by atoms with Crippen molar-refractivity contribution in [1.82, 2.24) is 9.88 Å². The van der Waals surface area contributed by atoms with E-state index in [1.54, 1.807) is 31.5 Å². The third kappa shape index (κ3) is 3.71. The molecule has 1 fully saturated rings. The molecule has 2 heterocycles. The van der Waals surface area contributed by atoms with Crippen LogP contribution in [-0.2, 0) is 4.79 Å². The molecule has 24 heavy (non-hydrogen) atoms. The summed E-state index contributed by atoms with van der Waals surface area (Å²) in [6, 6.07) is 11.1. The second-order valence-electron chi connectivity index (χ2n) is 5.73. The van der Waals surface area contributed by atoms with Crippen molar-refractivity contribution in [3.8, 4) is 0 Å². The first kappa shape index (κ1) is 16.0. The largest absolute Gasteiger partial charge is 0.368 e. The lowest BCUT2D eigenvalue weighted by Gasteiger charge is -2.35. The molecule has 3 rings (SSSR count). The summed E-state index contributed by atoms with van der Waals surface area (Å²) in [6.07, 6.45) is 3.19. The molecule has 0 aliphatic carbocycles. The zero-order valence-corrected chi connectivity index (χ0v) is 13.6. The molecule has 1 aromatic heterocycles. The van der Waals surface area contributed by atoms with Crippen LogP contribution < -0.4 is 10.2 Å². The predicted molar refractivity (Wildman–Crippen MR) is 93.1 cm³/mol. The van der Waals surface area contributed by atoms with Gasteiger partial charge in [-0.3, -0.25) is 14.6 Å². The van der Waals surface area contributed by atoms with E-state index in [1.807, 2.05) is 29.2 Å². The summed E-state index contributed by atoms with van der Waals surface area (Å²) in [7, 11) is 0. The van der Waals surface area contributed by atoms with Gasteiger partial charge in [0.1, 0.15) is 0 Å². The van der Waals surface area contributed by atoms with Crippen molar-refractivity contribution in [2.45, 2.75) is 6.92 Å². The van der Waals surface area contributed by atoms with Gasteiger partial charge in [-0.2, -0.15) is 0 Å². The molecule has 0 radical (unpaired) electrons. The summed E-state index contributed by atoms with van der Waals surface area (Å²) in [5, 5.41) is 2.91. The van der Waals surface area contributed by atoms with E-state index in [0.717, 1.165) is 37.6 Å². The van der Waals surface area contributed by atoms with Gasteiger partial charge in [-0.05, 0) is 30.3 Å². The highest BCUT2D eigenvalue weighted by Gasteiger charge is 2.19. The number of rotatable bonds is 3. The van der Waals surface area contributed by atoms with Crippen LogP contribution in [-0.4, -0.2) is 47.9 Å². The van der Waals surface area contributed by atoms with Gasteiger partial charge >= 0.3 is 0 Å². The number of carbonyl (C=O) groups is 2. The smallest absolute Gasteiger partial charge is 0.255 e. The van der Waals surface area contributed by atoms with E-state index in [0.29, 0.717) is 5.56 Å². The minimum Gasteiger partial charge on any atom is -0.368 e. The Bertz CT molecular complexity index is 725. The summed E-state index contributed by atoms with van der Waals surface area (Å²) in [6.45, 7) is 4.64. The minimum absolute atomic E-state index is 0.119. The lowest BCUT2D eigenvalue weighted by atomic mass is 10.2. The molecule has 1 aliphatic heterocycles. The standard InChI is InChI=1S/C18H20N4O2/c1-14(23)21-9-11-22(12-10-21)17-4-2-3-16(13-17)20-18(24)15-5-7-19-8-6-15/h2-8,13H,9-12H2,1H3,(H,20,24).